The maximum atomic E-state index is 11.0. The third kappa shape index (κ3) is 7.80. The number of carbonyl (C=O) groups is 4. The summed E-state index contributed by atoms with van der Waals surface area (Å²) in [5.74, 6) is -3.60. The van der Waals surface area contributed by atoms with Gasteiger partial charge in [0, 0.05) is 24.3 Å². The van der Waals surface area contributed by atoms with Crippen LogP contribution in [0.1, 0.15) is 6.92 Å². The van der Waals surface area contributed by atoms with Gasteiger partial charge in [-0.25, -0.2) is 19.2 Å². The summed E-state index contributed by atoms with van der Waals surface area (Å²) in [6.07, 6.45) is 3.08. The van der Waals surface area contributed by atoms with Crippen molar-refractivity contribution in [2.75, 3.05) is 13.7 Å². The van der Waals surface area contributed by atoms with Crippen molar-refractivity contribution in [1.82, 2.24) is 0 Å². The molecule has 0 spiro atoms. The molecule has 0 saturated heterocycles. The molecule has 98 valence electrons. The van der Waals surface area contributed by atoms with Gasteiger partial charge in [0.05, 0.1) is 13.7 Å². The number of hydrogen-bond donors (Lipinski definition) is 0. The highest BCUT2D eigenvalue weighted by atomic mass is 16.6. The van der Waals surface area contributed by atoms with Gasteiger partial charge in [0.15, 0.2) is 0 Å². The maximum absolute atomic E-state index is 11.0. The lowest BCUT2D eigenvalue weighted by molar-refractivity contribution is -0.153. The molecule has 0 atom stereocenters. The molecule has 0 aromatic carbocycles. The summed E-state index contributed by atoms with van der Waals surface area (Å²) in [6.45, 7) is 1.77. The van der Waals surface area contributed by atoms with Gasteiger partial charge >= 0.3 is 23.9 Å². The average Bonchev–Trinajstić information content (AvgIpc) is 2.33. The van der Waals surface area contributed by atoms with Crippen LogP contribution in [0.5, 0.6) is 0 Å². The van der Waals surface area contributed by atoms with Gasteiger partial charge in [0.2, 0.25) is 0 Å². The molecule has 0 rings (SSSR count). The van der Waals surface area contributed by atoms with E-state index in [4.69, 9.17) is 0 Å². The number of rotatable bonds is 5. The molecule has 0 bridgehead atoms. The Hall–Kier alpha value is -2.44. The van der Waals surface area contributed by atoms with E-state index in [-0.39, 0.29) is 6.61 Å². The van der Waals surface area contributed by atoms with Crippen LogP contribution in [0.25, 0.3) is 0 Å². The minimum absolute atomic E-state index is 0.166. The number of esters is 4. The molecule has 0 aromatic rings. The Morgan fingerprint density at radius 3 is 1.72 bits per heavy atom. The Morgan fingerprint density at radius 2 is 1.28 bits per heavy atom. The van der Waals surface area contributed by atoms with Gasteiger partial charge in [-0.2, -0.15) is 0 Å². The smallest absolute Gasteiger partial charge is 0.338 e. The van der Waals surface area contributed by atoms with E-state index in [0.29, 0.717) is 0 Å². The lowest BCUT2D eigenvalue weighted by atomic mass is 10.5. The summed E-state index contributed by atoms with van der Waals surface area (Å²) in [5, 5.41) is 0. The number of methoxy groups -OCH3 is 1. The van der Waals surface area contributed by atoms with Gasteiger partial charge < -0.3 is 14.2 Å². The first kappa shape index (κ1) is 15.6. The highest BCUT2D eigenvalue weighted by molar-refractivity contribution is 6.00. The molecule has 0 aliphatic carbocycles. The van der Waals surface area contributed by atoms with E-state index in [1.165, 1.54) is 0 Å². The molecule has 0 amide bonds. The van der Waals surface area contributed by atoms with Gasteiger partial charge in [0.25, 0.3) is 0 Å². The van der Waals surface area contributed by atoms with Crippen LogP contribution in [0.2, 0.25) is 0 Å². The van der Waals surface area contributed by atoms with E-state index in [9.17, 15) is 19.2 Å². The summed E-state index contributed by atoms with van der Waals surface area (Å²) < 4.78 is 12.9. The normalized spacial score (nSPS) is 10.3. The van der Waals surface area contributed by atoms with Crippen molar-refractivity contribution in [3.8, 4) is 0 Å². The first-order chi connectivity index (χ1) is 8.49. The molecule has 0 saturated carbocycles. The van der Waals surface area contributed by atoms with E-state index in [1.54, 1.807) is 6.92 Å². The zero-order valence-electron chi connectivity index (χ0n) is 9.87. The molecule has 0 N–H and O–H groups in total. The van der Waals surface area contributed by atoms with Crippen LogP contribution >= 0.6 is 0 Å². The van der Waals surface area contributed by atoms with Crippen LogP contribution in [-0.4, -0.2) is 37.6 Å². The largest absolute Gasteiger partial charge is 0.466 e. The third-order valence-electron chi connectivity index (χ3n) is 1.40. The lowest BCUT2D eigenvalue weighted by Gasteiger charge is -1.95. The Morgan fingerprint density at radius 1 is 0.833 bits per heavy atom. The third-order valence-corrected chi connectivity index (χ3v) is 1.40. The van der Waals surface area contributed by atoms with Gasteiger partial charge in [-0.3, -0.25) is 0 Å². The molecule has 7 heteroatoms. The first-order valence-electron chi connectivity index (χ1n) is 4.86. The monoisotopic (exact) mass is 256 g/mol. The molecule has 0 aliphatic heterocycles. The van der Waals surface area contributed by atoms with Crippen molar-refractivity contribution in [3.05, 3.63) is 24.3 Å². The number of carbonyl (C=O) groups excluding carboxylic acids is 4. The summed E-state index contributed by atoms with van der Waals surface area (Å²) in [7, 11) is 1.13. The minimum Gasteiger partial charge on any atom is -0.466 e. The molecule has 18 heavy (non-hydrogen) atoms. The van der Waals surface area contributed by atoms with Crippen molar-refractivity contribution >= 4 is 23.9 Å². The van der Waals surface area contributed by atoms with Gasteiger partial charge in [-0.05, 0) is 6.92 Å². The van der Waals surface area contributed by atoms with Crippen LogP contribution in [-0.2, 0) is 33.4 Å². The van der Waals surface area contributed by atoms with E-state index in [1.807, 2.05) is 0 Å². The van der Waals surface area contributed by atoms with Crippen LogP contribution in [0.4, 0.5) is 0 Å². The molecule has 0 heterocycles. The molecular formula is C11H12O7. The van der Waals surface area contributed by atoms with E-state index in [2.05, 4.69) is 14.2 Å². The van der Waals surface area contributed by atoms with Crippen molar-refractivity contribution in [2.45, 2.75) is 6.92 Å². The predicted octanol–water partition coefficient (Wildman–Crippen LogP) is -0.0953. The first-order valence-corrected chi connectivity index (χ1v) is 4.86. The Kier molecular flexibility index (Phi) is 7.51. The fourth-order valence-corrected chi connectivity index (χ4v) is 0.698. The number of ether oxygens (including phenoxy) is 3. The fraction of sp³-hybridized carbons (Fsp3) is 0.273. The van der Waals surface area contributed by atoms with Crippen LogP contribution in [0.3, 0.4) is 0 Å². The van der Waals surface area contributed by atoms with Crippen LogP contribution in [0.15, 0.2) is 24.3 Å². The molecular weight excluding hydrogens is 244 g/mol. The summed E-state index contributed by atoms with van der Waals surface area (Å²) in [5.41, 5.74) is 0. The summed E-state index contributed by atoms with van der Waals surface area (Å²) in [4.78, 5) is 43.4. The van der Waals surface area contributed by atoms with E-state index in [0.717, 1.165) is 31.4 Å². The SMILES string of the molecule is CCOC(=O)/C=C\C(=O)OC(=O)/C=C\C(=O)OC. The minimum atomic E-state index is -1.06. The van der Waals surface area contributed by atoms with Gasteiger partial charge in [-0.1, -0.05) is 0 Å². The standard InChI is InChI=1S/C11H12O7/c1-3-17-9(13)5-7-11(15)18-10(14)6-4-8(12)16-2/h4-7H,3H2,1-2H3/b6-4-,7-5-. The lowest BCUT2D eigenvalue weighted by Crippen LogP contribution is -2.09. The Balaban J connectivity index is 4.16. The predicted molar refractivity (Wildman–Crippen MR) is 58.0 cm³/mol. The van der Waals surface area contributed by atoms with E-state index < -0.39 is 23.9 Å². The van der Waals surface area contributed by atoms with Crippen molar-refractivity contribution < 1.29 is 33.4 Å². The molecule has 0 fully saturated rings. The molecule has 0 aromatic heterocycles. The quantitative estimate of drug-likeness (QED) is 0.293. The maximum Gasteiger partial charge on any atom is 0.338 e. The second kappa shape index (κ2) is 8.68. The van der Waals surface area contributed by atoms with E-state index >= 15 is 0 Å². The molecule has 0 aliphatic rings. The molecule has 0 radical (unpaired) electrons. The zero-order chi connectivity index (χ0) is 14.0. The van der Waals surface area contributed by atoms with Crippen LogP contribution < -0.4 is 0 Å². The summed E-state index contributed by atoms with van der Waals surface area (Å²) in [6, 6.07) is 0. The fourth-order valence-electron chi connectivity index (χ4n) is 0.698. The molecule has 0 unspecified atom stereocenters. The zero-order valence-corrected chi connectivity index (χ0v) is 9.87. The Bertz CT molecular complexity index is 392. The average molecular weight is 256 g/mol. The summed E-state index contributed by atoms with van der Waals surface area (Å²) >= 11 is 0. The van der Waals surface area contributed by atoms with Gasteiger partial charge in [-0.15, -0.1) is 0 Å². The topological polar surface area (TPSA) is 96.0 Å². The number of hydrogen-bond acceptors (Lipinski definition) is 7. The van der Waals surface area contributed by atoms with Crippen molar-refractivity contribution in [1.29, 1.82) is 0 Å². The molecule has 7 nitrogen and oxygen atoms in total. The van der Waals surface area contributed by atoms with Gasteiger partial charge in [0.1, 0.15) is 0 Å². The van der Waals surface area contributed by atoms with Crippen molar-refractivity contribution in [2.24, 2.45) is 0 Å². The van der Waals surface area contributed by atoms with Crippen molar-refractivity contribution in [3.63, 3.8) is 0 Å². The highest BCUT2D eigenvalue weighted by Gasteiger charge is 2.05. The second-order valence-electron chi connectivity index (χ2n) is 2.68. The highest BCUT2D eigenvalue weighted by Crippen LogP contribution is 1.89. The van der Waals surface area contributed by atoms with Crippen LogP contribution in [0, 0.1) is 0 Å². The second-order valence-corrected chi connectivity index (χ2v) is 2.68. The Labute approximate surface area is 103 Å².